The van der Waals surface area contributed by atoms with Crippen molar-refractivity contribution in [2.24, 2.45) is 5.10 Å². The van der Waals surface area contributed by atoms with Gasteiger partial charge in [0.15, 0.2) is 0 Å². The maximum atomic E-state index is 12.3. The van der Waals surface area contributed by atoms with Crippen LogP contribution in [-0.4, -0.2) is 29.8 Å². The van der Waals surface area contributed by atoms with Gasteiger partial charge in [-0.1, -0.05) is 45.0 Å². The fourth-order valence-corrected chi connectivity index (χ4v) is 4.68. The molecule has 0 bridgehead atoms. The largest absolute Gasteiger partial charge is 0.506 e. The number of ether oxygens (including phenoxy) is 1. The minimum Gasteiger partial charge on any atom is -0.506 e. The number of thiophene rings is 2. The Hall–Kier alpha value is -2.97. The zero-order chi connectivity index (χ0) is 22.8. The van der Waals surface area contributed by atoms with Gasteiger partial charge in [-0.2, -0.15) is 5.10 Å². The summed E-state index contributed by atoms with van der Waals surface area (Å²) in [6.45, 7) is 8.18. The molecule has 6 nitrogen and oxygen atoms in total. The molecule has 0 saturated heterocycles. The Balaban J connectivity index is 1.75. The fourth-order valence-electron chi connectivity index (χ4n) is 2.85. The van der Waals surface area contributed by atoms with Crippen molar-refractivity contribution in [1.82, 2.24) is 5.43 Å². The van der Waals surface area contributed by atoms with Crippen molar-refractivity contribution in [2.45, 2.75) is 33.1 Å². The molecule has 1 aromatic carbocycles. The number of nitrogens with zero attached hydrogens (tertiary/aromatic N) is 1. The zero-order valence-corrected chi connectivity index (χ0v) is 19.6. The van der Waals surface area contributed by atoms with Crippen LogP contribution in [0.2, 0.25) is 0 Å². The van der Waals surface area contributed by atoms with Crippen LogP contribution >= 0.6 is 22.7 Å². The van der Waals surface area contributed by atoms with Gasteiger partial charge in [-0.25, -0.2) is 10.2 Å². The normalized spacial score (nSPS) is 12.0. The number of methoxy groups -OCH3 is 1. The Morgan fingerprint density at radius 3 is 2.32 bits per heavy atom. The lowest BCUT2D eigenvalue weighted by Crippen LogP contribution is -2.18. The van der Waals surface area contributed by atoms with Crippen LogP contribution in [0.3, 0.4) is 0 Å². The van der Waals surface area contributed by atoms with Gasteiger partial charge in [-0.3, -0.25) is 4.79 Å². The first-order valence-corrected chi connectivity index (χ1v) is 11.3. The number of nitrogens with one attached hydrogen (secondary N) is 1. The number of aromatic hydroxyl groups is 1. The van der Waals surface area contributed by atoms with E-state index in [4.69, 9.17) is 0 Å². The number of carbonyl (C=O) groups excluding carboxylic acids is 2. The second-order valence-corrected chi connectivity index (χ2v) is 9.91. The minimum absolute atomic E-state index is 0.0584. The quantitative estimate of drug-likeness (QED) is 0.305. The molecule has 0 atom stereocenters. The molecule has 8 heteroatoms. The average molecular weight is 457 g/mol. The summed E-state index contributed by atoms with van der Waals surface area (Å²) in [5.41, 5.74) is 5.70. The Morgan fingerprint density at radius 2 is 1.71 bits per heavy atom. The smallest absolute Gasteiger partial charge is 0.348 e. The molecule has 0 unspecified atom stereocenters. The molecule has 0 radical (unpaired) electrons. The summed E-state index contributed by atoms with van der Waals surface area (Å²) in [5, 5.41) is 16.7. The van der Waals surface area contributed by atoms with Crippen molar-refractivity contribution in [3.8, 4) is 16.2 Å². The predicted molar refractivity (Wildman–Crippen MR) is 125 cm³/mol. The minimum atomic E-state index is -0.491. The Morgan fingerprint density at radius 1 is 1.06 bits per heavy atom. The molecule has 0 aliphatic carbocycles. The molecule has 2 N–H and O–H groups in total. The number of rotatable bonds is 5. The van der Waals surface area contributed by atoms with Gasteiger partial charge in [0.05, 0.1) is 28.1 Å². The summed E-state index contributed by atoms with van der Waals surface area (Å²) in [6, 6.07) is 11.2. The van der Waals surface area contributed by atoms with Crippen molar-refractivity contribution >= 4 is 40.3 Å². The van der Waals surface area contributed by atoms with E-state index in [2.05, 4.69) is 48.2 Å². The third-order valence-corrected chi connectivity index (χ3v) is 6.79. The van der Waals surface area contributed by atoms with E-state index in [0.29, 0.717) is 21.0 Å². The van der Waals surface area contributed by atoms with Crippen LogP contribution in [0.1, 0.15) is 58.2 Å². The van der Waals surface area contributed by atoms with Crippen molar-refractivity contribution in [2.75, 3.05) is 7.11 Å². The number of hydrogen-bond acceptors (Lipinski definition) is 7. The van der Waals surface area contributed by atoms with E-state index in [1.165, 1.54) is 30.1 Å². The number of hydrogen-bond donors (Lipinski definition) is 2. The summed E-state index contributed by atoms with van der Waals surface area (Å²) in [4.78, 5) is 25.3. The van der Waals surface area contributed by atoms with Gasteiger partial charge in [0.1, 0.15) is 10.6 Å². The van der Waals surface area contributed by atoms with Gasteiger partial charge in [0.25, 0.3) is 5.91 Å². The molecule has 1 amide bonds. The van der Waals surface area contributed by atoms with Crippen LogP contribution in [0, 0.1) is 0 Å². The summed E-state index contributed by atoms with van der Waals surface area (Å²) < 4.78 is 4.65. The molecule has 0 fully saturated rings. The lowest BCUT2D eigenvalue weighted by Gasteiger charge is -2.19. The van der Waals surface area contributed by atoms with Crippen molar-refractivity contribution < 1.29 is 19.4 Å². The molecule has 162 valence electrons. The molecule has 3 aromatic rings. The monoisotopic (exact) mass is 456 g/mol. The van der Waals surface area contributed by atoms with Gasteiger partial charge in [-0.05, 0) is 35.6 Å². The molecular formula is C23H24N2O4S2. The van der Waals surface area contributed by atoms with Crippen LogP contribution in [0.15, 0.2) is 46.9 Å². The highest BCUT2D eigenvalue weighted by atomic mass is 32.1. The summed E-state index contributed by atoms with van der Waals surface area (Å²) in [7, 11) is 1.29. The lowest BCUT2D eigenvalue weighted by atomic mass is 9.86. The van der Waals surface area contributed by atoms with Gasteiger partial charge in [-0.15, -0.1) is 22.7 Å². The first-order valence-electron chi connectivity index (χ1n) is 9.56. The molecule has 31 heavy (non-hydrogen) atoms. The molecule has 0 spiro atoms. The Bertz CT molecular complexity index is 1140. The van der Waals surface area contributed by atoms with Gasteiger partial charge in [0.2, 0.25) is 0 Å². The van der Waals surface area contributed by atoms with E-state index in [9.17, 15) is 14.7 Å². The SMILES string of the molecule is COC(=O)c1ccc(C(=O)N/N=C(\C)c2csc(-c3ccc(C(C)(C)C)cc3)c2O)s1. The highest BCUT2D eigenvalue weighted by molar-refractivity contribution is 7.16. The summed E-state index contributed by atoms with van der Waals surface area (Å²) in [5.74, 6) is -0.796. The molecular weight excluding hydrogens is 432 g/mol. The zero-order valence-electron chi connectivity index (χ0n) is 18.0. The molecule has 2 aromatic heterocycles. The predicted octanol–water partition coefficient (Wildman–Crippen LogP) is 5.42. The third-order valence-electron chi connectivity index (χ3n) is 4.71. The standard InChI is InChI=1S/C23H24N2O4S2/c1-13(24-25-21(27)17-10-11-18(31-17)22(28)29-5)16-12-30-20(19(16)26)14-6-8-15(9-7-14)23(2,3)4/h6-12,26H,1-5H3,(H,25,27)/b24-13+. The van der Waals surface area contributed by atoms with Gasteiger partial charge < -0.3 is 9.84 Å². The van der Waals surface area contributed by atoms with Crippen LogP contribution in [0.4, 0.5) is 0 Å². The average Bonchev–Trinajstić information content (AvgIpc) is 3.38. The molecule has 0 aliphatic heterocycles. The number of hydrazone groups is 1. The van der Waals surface area contributed by atoms with E-state index in [-0.39, 0.29) is 11.2 Å². The van der Waals surface area contributed by atoms with E-state index >= 15 is 0 Å². The van der Waals surface area contributed by atoms with Crippen LogP contribution in [-0.2, 0) is 10.2 Å². The second-order valence-electron chi connectivity index (χ2n) is 7.95. The first kappa shape index (κ1) is 22.7. The topological polar surface area (TPSA) is 88.0 Å². The van der Waals surface area contributed by atoms with Gasteiger partial charge >= 0.3 is 5.97 Å². The van der Waals surface area contributed by atoms with E-state index < -0.39 is 11.9 Å². The fraction of sp³-hybridized carbons (Fsp3) is 0.261. The third kappa shape index (κ3) is 5.03. The highest BCUT2D eigenvalue weighted by Gasteiger charge is 2.18. The maximum absolute atomic E-state index is 12.3. The molecule has 2 heterocycles. The first-order chi connectivity index (χ1) is 14.6. The Labute approximate surface area is 189 Å². The maximum Gasteiger partial charge on any atom is 0.348 e. The van der Waals surface area contributed by atoms with Crippen LogP contribution in [0.25, 0.3) is 10.4 Å². The number of amides is 1. The van der Waals surface area contributed by atoms with Crippen LogP contribution < -0.4 is 5.43 Å². The van der Waals surface area contributed by atoms with E-state index in [1.807, 2.05) is 17.5 Å². The number of esters is 1. The van der Waals surface area contributed by atoms with Gasteiger partial charge in [0, 0.05) is 5.38 Å². The molecule has 0 saturated carbocycles. The van der Waals surface area contributed by atoms with Crippen molar-refractivity contribution in [3.05, 3.63) is 62.7 Å². The number of carbonyl (C=O) groups is 2. The summed E-state index contributed by atoms with van der Waals surface area (Å²) >= 11 is 2.44. The van der Waals surface area contributed by atoms with Crippen molar-refractivity contribution in [3.63, 3.8) is 0 Å². The van der Waals surface area contributed by atoms with Crippen LogP contribution in [0.5, 0.6) is 5.75 Å². The Kier molecular flexibility index (Phi) is 6.62. The lowest BCUT2D eigenvalue weighted by molar-refractivity contribution is 0.0606. The summed E-state index contributed by atoms with van der Waals surface area (Å²) in [6.07, 6.45) is 0. The van der Waals surface area contributed by atoms with E-state index in [1.54, 1.807) is 13.0 Å². The second kappa shape index (κ2) is 9.03. The molecule has 0 aliphatic rings. The molecule has 3 rings (SSSR count). The number of benzene rings is 1. The highest BCUT2D eigenvalue weighted by Crippen LogP contribution is 2.39. The van der Waals surface area contributed by atoms with E-state index in [0.717, 1.165) is 21.8 Å². The van der Waals surface area contributed by atoms with Crippen molar-refractivity contribution in [1.29, 1.82) is 0 Å².